The first-order chi connectivity index (χ1) is 9.11. The molecule has 1 aliphatic heterocycles. The number of anilines is 1. The van der Waals surface area contributed by atoms with Gasteiger partial charge in [0.05, 0.1) is 24.6 Å². The number of rotatable bonds is 4. The molecule has 0 radical (unpaired) electrons. The number of nitrogens with two attached hydrogens (primary N) is 1. The van der Waals surface area contributed by atoms with E-state index >= 15 is 0 Å². The van der Waals surface area contributed by atoms with Crippen molar-refractivity contribution in [2.75, 3.05) is 25.4 Å². The molecule has 2 amide bonds. The second-order valence-corrected chi connectivity index (χ2v) is 4.45. The first-order valence-electron chi connectivity index (χ1n) is 6.26. The number of nitrogen functional groups attached to an aromatic ring is 1. The Morgan fingerprint density at radius 3 is 2.47 bits per heavy atom. The largest absolute Gasteiger partial charge is 0.382 e. The van der Waals surface area contributed by atoms with Crippen LogP contribution in [0.15, 0.2) is 12.4 Å². The lowest BCUT2D eigenvalue weighted by molar-refractivity contribution is -0.156. The van der Waals surface area contributed by atoms with Gasteiger partial charge in [-0.3, -0.25) is 14.6 Å². The van der Waals surface area contributed by atoms with Crippen LogP contribution in [0.2, 0.25) is 0 Å². The summed E-state index contributed by atoms with van der Waals surface area (Å²) in [6.07, 6.45) is 3.81. The third kappa shape index (κ3) is 2.98. The SMILES string of the molecule is CCCN1CCN(Cc2cnc(N)cn2)C(=O)C1=O. The first-order valence-corrected chi connectivity index (χ1v) is 6.26. The number of piperazine rings is 1. The van der Waals surface area contributed by atoms with E-state index < -0.39 is 11.8 Å². The van der Waals surface area contributed by atoms with Crippen molar-refractivity contribution in [3.63, 3.8) is 0 Å². The molecule has 2 heterocycles. The minimum atomic E-state index is -0.474. The Balaban J connectivity index is 2.01. The molecule has 1 saturated heterocycles. The van der Waals surface area contributed by atoms with E-state index in [1.165, 1.54) is 17.3 Å². The molecule has 19 heavy (non-hydrogen) atoms. The van der Waals surface area contributed by atoms with Gasteiger partial charge in [0, 0.05) is 19.6 Å². The fourth-order valence-corrected chi connectivity index (χ4v) is 1.99. The van der Waals surface area contributed by atoms with Gasteiger partial charge in [-0.25, -0.2) is 4.98 Å². The average molecular weight is 263 g/mol. The van der Waals surface area contributed by atoms with Gasteiger partial charge in [-0.15, -0.1) is 0 Å². The Morgan fingerprint density at radius 1 is 1.16 bits per heavy atom. The monoisotopic (exact) mass is 263 g/mol. The minimum Gasteiger partial charge on any atom is -0.382 e. The number of nitrogens with zero attached hydrogens (tertiary/aromatic N) is 4. The summed E-state index contributed by atoms with van der Waals surface area (Å²) in [6.45, 7) is 3.99. The molecule has 1 aromatic rings. The van der Waals surface area contributed by atoms with Crippen molar-refractivity contribution in [3.8, 4) is 0 Å². The van der Waals surface area contributed by atoms with Crippen molar-refractivity contribution in [3.05, 3.63) is 18.1 Å². The van der Waals surface area contributed by atoms with Crippen LogP contribution < -0.4 is 5.73 Å². The van der Waals surface area contributed by atoms with E-state index in [2.05, 4.69) is 9.97 Å². The molecular formula is C12H17N5O2. The molecule has 7 heteroatoms. The summed E-state index contributed by atoms with van der Waals surface area (Å²) in [5.74, 6) is -0.575. The summed E-state index contributed by atoms with van der Waals surface area (Å²) >= 11 is 0. The molecule has 0 aromatic carbocycles. The Bertz CT molecular complexity index is 474. The van der Waals surface area contributed by atoms with Gasteiger partial charge in [0.1, 0.15) is 5.82 Å². The lowest BCUT2D eigenvalue weighted by Crippen LogP contribution is -2.54. The Labute approximate surface area is 111 Å². The number of carbonyl (C=O) groups excluding carboxylic acids is 2. The van der Waals surface area contributed by atoms with Gasteiger partial charge < -0.3 is 15.5 Å². The van der Waals surface area contributed by atoms with Gasteiger partial charge >= 0.3 is 11.8 Å². The minimum absolute atomic E-state index is 0.290. The van der Waals surface area contributed by atoms with Crippen molar-refractivity contribution < 1.29 is 9.59 Å². The first kappa shape index (κ1) is 13.3. The van der Waals surface area contributed by atoms with Crippen LogP contribution in [-0.2, 0) is 16.1 Å². The second-order valence-electron chi connectivity index (χ2n) is 4.45. The van der Waals surface area contributed by atoms with E-state index in [1.807, 2.05) is 6.92 Å². The molecule has 0 aliphatic carbocycles. The number of hydrogen-bond donors (Lipinski definition) is 1. The van der Waals surface area contributed by atoms with Gasteiger partial charge in [0.25, 0.3) is 0 Å². The fourth-order valence-electron chi connectivity index (χ4n) is 1.99. The number of hydrogen-bond acceptors (Lipinski definition) is 5. The quantitative estimate of drug-likeness (QED) is 0.749. The number of carbonyl (C=O) groups is 2. The van der Waals surface area contributed by atoms with E-state index in [9.17, 15) is 9.59 Å². The molecule has 2 N–H and O–H groups in total. The lowest BCUT2D eigenvalue weighted by Gasteiger charge is -2.33. The summed E-state index contributed by atoms with van der Waals surface area (Å²) in [7, 11) is 0. The Hall–Kier alpha value is -2.18. The molecule has 0 spiro atoms. The molecule has 2 rings (SSSR count). The highest BCUT2D eigenvalue weighted by Crippen LogP contribution is 2.09. The summed E-state index contributed by atoms with van der Waals surface area (Å²) < 4.78 is 0. The highest BCUT2D eigenvalue weighted by Gasteiger charge is 2.31. The third-order valence-electron chi connectivity index (χ3n) is 2.97. The third-order valence-corrected chi connectivity index (χ3v) is 2.97. The normalized spacial score (nSPS) is 16.1. The van der Waals surface area contributed by atoms with Crippen molar-refractivity contribution >= 4 is 17.6 Å². The zero-order valence-corrected chi connectivity index (χ0v) is 10.9. The van der Waals surface area contributed by atoms with Gasteiger partial charge in [-0.1, -0.05) is 6.92 Å². The molecule has 0 atom stereocenters. The van der Waals surface area contributed by atoms with Crippen molar-refractivity contribution in [2.24, 2.45) is 0 Å². The summed E-state index contributed by atoms with van der Waals surface area (Å²) in [5.41, 5.74) is 6.07. The molecule has 102 valence electrons. The van der Waals surface area contributed by atoms with E-state index in [0.717, 1.165) is 6.42 Å². The van der Waals surface area contributed by atoms with E-state index in [0.29, 0.717) is 31.1 Å². The molecule has 1 fully saturated rings. The second kappa shape index (κ2) is 5.64. The predicted octanol–water partition coefficient (Wildman–Crippen LogP) is -0.360. The molecule has 0 bridgehead atoms. The lowest BCUT2D eigenvalue weighted by atomic mass is 10.2. The Morgan fingerprint density at radius 2 is 1.84 bits per heavy atom. The predicted molar refractivity (Wildman–Crippen MR) is 68.7 cm³/mol. The zero-order valence-electron chi connectivity index (χ0n) is 10.9. The van der Waals surface area contributed by atoms with Gasteiger partial charge in [-0.2, -0.15) is 0 Å². The molecule has 1 aromatic heterocycles. The number of amides is 2. The van der Waals surface area contributed by atoms with Crippen molar-refractivity contribution in [2.45, 2.75) is 19.9 Å². The maximum atomic E-state index is 11.9. The summed E-state index contributed by atoms with van der Waals surface area (Å²) in [6, 6.07) is 0. The maximum Gasteiger partial charge on any atom is 0.312 e. The fraction of sp³-hybridized carbons (Fsp3) is 0.500. The van der Waals surface area contributed by atoms with Crippen LogP contribution in [0.3, 0.4) is 0 Å². The summed E-state index contributed by atoms with van der Waals surface area (Å²) in [5, 5.41) is 0. The van der Waals surface area contributed by atoms with Crippen LogP contribution in [0.1, 0.15) is 19.0 Å². The molecule has 1 aliphatic rings. The smallest absolute Gasteiger partial charge is 0.312 e. The maximum absolute atomic E-state index is 11.9. The van der Waals surface area contributed by atoms with Crippen LogP contribution in [-0.4, -0.2) is 51.2 Å². The summed E-state index contributed by atoms with van der Waals surface area (Å²) in [4.78, 5) is 34.9. The van der Waals surface area contributed by atoms with Crippen LogP contribution >= 0.6 is 0 Å². The van der Waals surface area contributed by atoms with Crippen LogP contribution in [0.4, 0.5) is 5.82 Å². The zero-order chi connectivity index (χ0) is 13.8. The average Bonchev–Trinajstić information content (AvgIpc) is 2.41. The molecule has 0 unspecified atom stereocenters. The van der Waals surface area contributed by atoms with E-state index in [4.69, 9.17) is 5.73 Å². The van der Waals surface area contributed by atoms with Gasteiger partial charge in [0.2, 0.25) is 0 Å². The highest BCUT2D eigenvalue weighted by atomic mass is 16.2. The van der Waals surface area contributed by atoms with Crippen molar-refractivity contribution in [1.82, 2.24) is 19.8 Å². The molecule has 7 nitrogen and oxygen atoms in total. The molecular weight excluding hydrogens is 246 g/mol. The topological polar surface area (TPSA) is 92.4 Å². The van der Waals surface area contributed by atoms with Crippen LogP contribution in [0.5, 0.6) is 0 Å². The van der Waals surface area contributed by atoms with Gasteiger partial charge in [0.15, 0.2) is 0 Å². The van der Waals surface area contributed by atoms with E-state index in [-0.39, 0.29) is 6.54 Å². The standard InChI is InChI=1S/C12H17N5O2/c1-2-3-16-4-5-17(12(19)11(16)18)8-9-6-15-10(13)7-14-9/h6-7H,2-5,8H2,1H3,(H2,13,15). The number of aromatic nitrogens is 2. The highest BCUT2D eigenvalue weighted by molar-refractivity contribution is 6.35. The Kier molecular flexibility index (Phi) is 3.94. The molecule has 0 saturated carbocycles. The van der Waals surface area contributed by atoms with Gasteiger partial charge in [-0.05, 0) is 6.42 Å². The van der Waals surface area contributed by atoms with Crippen molar-refractivity contribution in [1.29, 1.82) is 0 Å². The van der Waals surface area contributed by atoms with Crippen LogP contribution in [0, 0.1) is 0 Å². The van der Waals surface area contributed by atoms with E-state index in [1.54, 1.807) is 4.90 Å². The van der Waals surface area contributed by atoms with Crippen LogP contribution in [0.25, 0.3) is 0 Å².